The van der Waals surface area contributed by atoms with Crippen molar-refractivity contribution in [2.75, 3.05) is 13.2 Å². The molecule has 200 valence electrons. The SMILES string of the molecule is N[C@H](CF)C1CCC(C(=O)N2CC[C@H](c3ccccc3)[C@H]2C(=O)Cc2ccc3[nH]c(C(=O)O)cc3c2)CC1. The van der Waals surface area contributed by atoms with E-state index < -0.39 is 24.7 Å². The second-order valence-electron chi connectivity index (χ2n) is 10.8. The first-order valence-electron chi connectivity index (χ1n) is 13.4. The molecule has 2 fully saturated rings. The normalized spacial score (nSPS) is 24.4. The van der Waals surface area contributed by atoms with E-state index in [4.69, 9.17) is 5.73 Å². The average molecular weight is 520 g/mol. The van der Waals surface area contributed by atoms with Crippen LogP contribution in [0.1, 0.15) is 59.6 Å². The van der Waals surface area contributed by atoms with Crippen molar-refractivity contribution < 1.29 is 23.9 Å². The molecular weight excluding hydrogens is 485 g/mol. The van der Waals surface area contributed by atoms with Crippen molar-refractivity contribution in [1.82, 2.24) is 9.88 Å². The molecular formula is C30H34FN3O4. The fraction of sp³-hybridized carbons (Fsp3) is 0.433. The highest BCUT2D eigenvalue weighted by atomic mass is 19.1. The Kier molecular flexibility index (Phi) is 7.61. The zero-order valence-corrected chi connectivity index (χ0v) is 21.3. The topological polar surface area (TPSA) is 116 Å². The van der Waals surface area contributed by atoms with Gasteiger partial charge in [0.1, 0.15) is 12.4 Å². The molecule has 1 saturated heterocycles. The fourth-order valence-electron chi connectivity index (χ4n) is 6.35. The van der Waals surface area contributed by atoms with E-state index in [1.54, 1.807) is 17.0 Å². The number of amides is 1. The highest BCUT2D eigenvalue weighted by Gasteiger charge is 2.44. The Bertz CT molecular complexity index is 1320. The van der Waals surface area contributed by atoms with Gasteiger partial charge in [-0.25, -0.2) is 9.18 Å². The Morgan fingerprint density at radius 2 is 1.76 bits per heavy atom. The number of carbonyl (C=O) groups is 3. The molecule has 0 unspecified atom stereocenters. The molecule has 1 aliphatic carbocycles. The van der Waals surface area contributed by atoms with Crippen molar-refractivity contribution >= 4 is 28.6 Å². The van der Waals surface area contributed by atoms with E-state index in [0.717, 1.165) is 29.4 Å². The summed E-state index contributed by atoms with van der Waals surface area (Å²) in [6, 6.07) is 15.9. The number of rotatable bonds is 8. The number of halogens is 1. The lowest BCUT2D eigenvalue weighted by atomic mass is 9.78. The molecule has 7 nitrogen and oxygen atoms in total. The van der Waals surface area contributed by atoms with Crippen LogP contribution >= 0.6 is 0 Å². The first-order chi connectivity index (χ1) is 18.4. The lowest BCUT2D eigenvalue weighted by Crippen LogP contribution is -2.47. The molecule has 1 aliphatic heterocycles. The van der Waals surface area contributed by atoms with Crippen molar-refractivity contribution in [3.8, 4) is 0 Å². The largest absolute Gasteiger partial charge is 0.477 e. The highest BCUT2D eigenvalue weighted by Crippen LogP contribution is 2.38. The predicted octanol–water partition coefficient (Wildman–Crippen LogP) is 4.47. The number of benzene rings is 2. The summed E-state index contributed by atoms with van der Waals surface area (Å²) >= 11 is 0. The smallest absolute Gasteiger partial charge is 0.352 e. The fourth-order valence-corrected chi connectivity index (χ4v) is 6.35. The second-order valence-corrected chi connectivity index (χ2v) is 10.8. The predicted molar refractivity (Wildman–Crippen MR) is 143 cm³/mol. The van der Waals surface area contributed by atoms with Gasteiger partial charge in [-0.05, 0) is 67.3 Å². The molecule has 1 aromatic heterocycles. The third-order valence-corrected chi connectivity index (χ3v) is 8.44. The molecule has 5 rings (SSSR count). The van der Waals surface area contributed by atoms with E-state index in [9.17, 15) is 23.9 Å². The van der Waals surface area contributed by atoms with Crippen molar-refractivity contribution in [3.63, 3.8) is 0 Å². The van der Waals surface area contributed by atoms with Crippen LogP contribution in [0.4, 0.5) is 4.39 Å². The van der Waals surface area contributed by atoms with E-state index in [0.29, 0.717) is 31.3 Å². The summed E-state index contributed by atoms with van der Waals surface area (Å²) < 4.78 is 13.1. The molecule has 0 spiro atoms. The number of nitrogens with one attached hydrogen (secondary N) is 1. The van der Waals surface area contributed by atoms with Gasteiger partial charge in [0.25, 0.3) is 0 Å². The molecule has 0 radical (unpaired) electrons. The number of ketones is 1. The Hall–Kier alpha value is -3.52. The van der Waals surface area contributed by atoms with Crippen LogP contribution in [0.3, 0.4) is 0 Å². The van der Waals surface area contributed by atoms with E-state index in [2.05, 4.69) is 4.98 Å². The number of carboxylic acids is 1. The molecule has 3 aromatic rings. The van der Waals surface area contributed by atoms with Gasteiger partial charge in [-0.3, -0.25) is 9.59 Å². The minimum atomic E-state index is -1.04. The molecule has 3 atom stereocenters. The quantitative estimate of drug-likeness (QED) is 0.406. The van der Waals surface area contributed by atoms with Crippen molar-refractivity contribution in [3.05, 3.63) is 71.4 Å². The monoisotopic (exact) mass is 519 g/mol. The van der Waals surface area contributed by atoms with E-state index in [-0.39, 0.29) is 41.6 Å². The van der Waals surface area contributed by atoms with Gasteiger partial charge < -0.3 is 20.7 Å². The Balaban J connectivity index is 1.37. The third-order valence-electron chi connectivity index (χ3n) is 8.44. The number of aromatic nitrogens is 1. The number of aromatic amines is 1. The Morgan fingerprint density at radius 1 is 1.03 bits per heavy atom. The Labute approximate surface area is 221 Å². The molecule has 38 heavy (non-hydrogen) atoms. The Morgan fingerprint density at radius 3 is 2.45 bits per heavy atom. The molecule has 0 bridgehead atoms. The second kappa shape index (κ2) is 11.1. The number of hydrogen-bond acceptors (Lipinski definition) is 4. The zero-order valence-electron chi connectivity index (χ0n) is 21.3. The number of alkyl halides is 1. The number of aromatic carboxylic acids is 1. The minimum Gasteiger partial charge on any atom is -0.477 e. The number of nitrogens with zero attached hydrogens (tertiary/aromatic N) is 1. The van der Waals surface area contributed by atoms with Gasteiger partial charge in [0.05, 0.1) is 6.04 Å². The van der Waals surface area contributed by atoms with Crippen LogP contribution < -0.4 is 5.73 Å². The van der Waals surface area contributed by atoms with Gasteiger partial charge >= 0.3 is 5.97 Å². The molecule has 2 aromatic carbocycles. The van der Waals surface area contributed by atoms with Crippen molar-refractivity contribution in [1.29, 1.82) is 0 Å². The number of nitrogens with two attached hydrogens (primary N) is 1. The molecule has 1 saturated carbocycles. The third kappa shape index (κ3) is 5.23. The number of carbonyl (C=O) groups excluding carboxylic acids is 2. The molecule has 8 heteroatoms. The van der Waals surface area contributed by atoms with Gasteiger partial charge in [0.2, 0.25) is 5.91 Å². The molecule has 4 N–H and O–H groups in total. The lowest BCUT2D eigenvalue weighted by molar-refractivity contribution is -0.142. The number of fused-ring (bicyclic) bond motifs is 1. The maximum Gasteiger partial charge on any atom is 0.352 e. The van der Waals surface area contributed by atoms with Crippen molar-refractivity contribution in [2.45, 2.75) is 56.5 Å². The summed E-state index contributed by atoms with van der Waals surface area (Å²) in [5.41, 5.74) is 8.54. The summed E-state index contributed by atoms with van der Waals surface area (Å²) in [5.74, 6) is -1.20. The van der Waals surface area contributed by atoms with E-state index in [1.807, 2.05) is 42.5 Å². The van der Waals surface area contributed by atoms with Crippen LogP contribution in [0.2, 0.25) is 0 Å². The number of Topliss-reactive ketones (excluding diaryl/α,β-unsaturated/α-hetero) is 1. The number of H-pyrrole nitrogens is 1. The number of hydrogen-bond donors (Lipinski definition) is 3. The zero-order chi connectivity index (χ0) is 26.8. The van der Waals surface area contributed by atoms with E-state index in [1.165, 1.54) is 0 Å². The van der Waals surface area contributed by atoms with Crippen molar-refractivity contribution in [2.24, 2.45) is 17.6 Å². The summed E-state index contributed by atoms with van der Waals surface area (Å²) in [7, 11) is 0. The first-order valence-corrected chi connectivity index (χ1v) is 13.4. The van der Waals surface area contributed by atoms with Gasteiger partial charge in [-0.15, -0.1) is 0 Å². The standard InChI is InChI=1S/C30H34FN3O4/c31-17-24(32)20-7-9-21(10-8-20)29(36)34-13-12-23(19-4-2-1-3-5-19)28(34)27(35)15-18-6-11-25-22(14-18)16-26(33-25)30(37)38/h1-6,11,14,16,20-21,23-24,28,33H,7-10,12-13,15,17,32H2,(H,37,38)/t20?,21?,23-,24-,28+/m1/s1. The summed E-state index contributed by atoms with van der Waals surface area (Å²) in [6.07, 6.45) is 3.66. The van der Waals surface area contributed by atoms with E-state index >= 15 is 0 Å². The number of likely N-dealkylation sites (tertiary alicyclic amines) is 1. The van der Waals surface area contributed by atoms with Gasteiger partial charge in [0, 0.05) is 41.7 Å². The summed E-state index contributed by atoms with van der Waals surface area (Å²) in [6.45, 7) is -0.0194. The van der Waals surface area contributed by atoms with Crippen LogP contribution in [-0.2, 0) is 16.0 Å². The molecule has 2 heterocycles. The average Bonchev–Trinajstić information content (AvgIpc) is 3.58. The highest BCUT2D eigenvalue weighted by molar-refractivity contribution is 5.95. The van der Waals surface area contributed by atoms with Crippen LogP contribution in [0.15, 0.2) is 54.6 Å². The molecule has 2 aliphatic rings. The van der Waals surface area contributed by atoms with Crippen LogP contribution in [0, 0.1) is 11.8 Å². The maximum atomic E-state index is 13.9. The molecule has 1 amide bonds. The lowest BCUT2D eigenvalue weighted by Gasteiger charge is -2.35. The van der Waals surface area contributed by atoms with Gasteiger partial charge in [0.15, 0.2) is 5.78 Å². The maximum absolute atomic E-state index is 13.9. The van der Waals surface area contributed by atoms with Crippen LogP contribution in [0.25, 0.3) is 10.9 Å². The minimum absolute atomic E-state index is 0.0150. The summed E-state index contributed by atoms with van der Waals surface area (Å²) in [4.78, 5) is 43.6. The van der Waals surface area contributed by atoms with Crippen LogP contribution in [0.5, 0.6) is 0 Å². The van der Waals surface area contributed by atoms with Gasteiger partial charge in [-0.2, -0.15) is 0 Å². The first kappa shape index (κ1) is 26.1. The number of carboxylic acid groups (broad SMARTS) is 1. The summed E-state index contributed by atoms with van der Waals surface area (Å²) in [5, 5.41) is 10.0. The van der Waals surface area contributed by atoms with Gasteiger partial charge in [-0.1, -0.05) is 36.4 Å². The van der Waals surface area contributed by atoms with Crippen LogP contribution in [-0.4, -0.2) is 58.0 Å².